The van der Waals surface area contributed by atoms with Gasteiger partial charge in [0.2, 0.25) is 0 Å². The van der Waals surface area contributed by atoms with E-state index in [2.05, 4.69) is 5.32 Å². The standard InChI is InChI=1S/C24H28N2O7/c1-3-32-21(6-4-5-7-22(29)26-31)23(18-10-14-20(28)15-11-18)33-24(30)25-19-12-8-17(9-13-19)16(2)27/h5,7-15,21,23,28,31H,3-4,6H2,1-2H3,(H,25,30)(H,26,29)/b7-5+/t21-,23-/m1/s1. The second-order valence-electron chi connectivity index (χ2n) is 7.13. The molecule has 9 nitrogen and oxygen atoms in total. The van der Waals surface area contributed by atoms with E-state index in [4.69, 9.17) is 14.7 Å². The van der Waals surface area contributed by atoms with E-state index in [0.29, 0.717) is 36.3 Å². The molecule has 9 heteroatoms. The fraction of sp³-hybridized carbons (Fsp3) is 0.292. The number of benzene rings is 2. The second kappa shape index (κ2) is 13.0. The molecule has 0 fully saturated rings. The molecule has 0 saturated carbocycles. The molecule has 0 aliphatic carbocycles. The number of anilines is 1. The molecule has 0 unspecified atom stereocenters. The van der Waals surface area contributed by atoms with Crippen LogP contribution in [0.1, 0.15) is 48.7 Å². The third-order valence-corrected chi connectivity index (χ3v) is 4.71. The molecule has 2 atom stereocenters. The van der Waals surface area contributed by atoms with Gasteiger partial charge in [-0.15, -0.1) is 0 Å². The van der Waals surface area contributed by atoms with Crippen molar-refractivity contribution in [1.29, 1.82) is 0 Å². The van der Waals surface area contributed by atoms with Crippen molar-refractivity contribution in [3.05, 3.63) is 71.8 Å². The SMILES string of the molecule is CCO[C@H](CC/C=C/C(=O)NO)[C@H](OC(=O)Nc1ccc(C(C)=O)cc1)c1ccc(O)cc1. The summed E-state index contributed by atoms with van der Waals surface area (Å²) in [4.78, 5) is 35.2. The van der Waals surface area contributed by atoms with Crippen LogP contribution in [0.5, 0.6) is 5.75 Å². The Balaban J connectivity index is 2.17. The molecule has 0 aromatic heterocycles. The third kappa shape index (κ3) is 8.40. The predicted octanol–water partition coefficient (Wildman–Crippen LogP) is 4.13. The Bertz CT molecular complexity index is 956. The number of carbonyl (C=O) groups excluding carboxylic acids is 3. The van der Waals surface area contributed by atoms with Gasteiger partial charge in [0, 0.05) is 23.9 Å². The Morgan fingerprint density at radius 2 is 1.73 bits per heavy atom. The number of rotatable bonds is 11. The molecule has 0 aliphatic heterocycles. The first kappa shape index (κ1) is 25.6. The minimum atomic E-state index is -0.804. The number of phenols is 1. The van der Waals surface area contributed by atoms with Gasteiger partial charge >= 0.3 is 6.09 Å². The fourth-order valence-electron chi connectivity index (χ4n) is 3.10. The van der Waals surface area contributed by atoms with Crippen molar-refractivity contribution < 1.29 is 34.2 Å². The Morgan fingerprint density at radius 1 is 1.06 bits per heavy atom. The smallest absolute Gasteiger partial charge is 0.412 e. The molecular weight excluding hydrogens is 428 g/mol. The largest absolute Gasteiger partial charge is 0.508 e. The molecule has 176 valence electrons. The zero-order valence-corrected chi connectivity index (χ0v) is 18.5. The average Bonchev–Trinajstić information content (AvgIpc) is 2.80. The topological polar surface area (TPSA) is 134 Å². The van der Waals surface area contributed by atoms with Crippen LogP contribution in [0.3, 0.4) is 0 Å². The minimum Gasteiger partial charge on any atom is -0.508 e. The van der Waals surface area contributed by atoms with Gasteiger partial charge in [-0.3, -0.25) is 20.1 Å². The molecule has 2 rings (SSSR count). The fourth-order valence-corrected chi connectivity index (χ4v) is 3.10. The maximum atomic E-state index is 12.6. The lowest BCUT2D eigenvalue weighted by Crippen LogP contribution is -2.29. The molecule has 0 saturated heterocycles. The van der Waals surface area contributed by atoms with Crippen molar-refractivity contribution in [2.75, 3.05) is 11.9 Å². The zero-order chi connectivity index (χ0) is 24.2. The Kier molecular flexibility index (Phi) is 10.1. The number of ketones is 1. The minimum absolute atomic E-state index is 0.0680. The van der Waals surface area contributed by atoms with Gasteiger partial charge in [-0.05, 0) is 68.7 Å². The first-order valence-electron chi connectivity index (χ1n) is 10.4. The Morgan fingerprint density at radius 3 is 2.30 bits per heavy atom. The monoisotopic (exact) mass is 456 g/mol. The van der Waals surface area contributed by atoms with Gasteiger partial charge in [0.05, 0.1) is 6.10 Å². The third-order valence-electron chi connectivity index (χ3n) is 4.71. The first-order chi connectivity index (χ1) is 15.8. The van der Waals surface area contributed by atoms with Crippen LogP contribution in [0.15, 0.2) is 60.7 Å². The van der Waals surface area contributed by atoms with Gasteiger partial charge in [-0.1, -0.05) is 18.2 Å². The molecule has 2 aromatic rings. The van der Waals surface area contributed by atoms with E-state index in [9.17, 15) is 19.5 Å². The molecule has 0 bridgehead atoms. The van der Waals surface area contributed by atoms with Crippen molar-refractivity contribution in [3.8, 4) is 5.75 Å². The number of Topliss-reactive ketones (excluding diaryl/α,β-unsaturated/α-hetero) is 1. The zero-order valence-electron chi connectivity index (χ0n) is 18.5. The number of hydrogen-bond acceptors (Lipinski definition) is 7. The number of ether oxygens (including phenoxy) is 2. The molecular formula is C24H28N2O7. The summed E-state index contributed by atoms with van der Waals surface area (Å²) in [6.45, 7) is 3.63. The van der Waals surface area contributed by atoms with Crippen molar-refractivity contribution in [2.24, 2.45) is 0 Å². The van der Waals surface area contributed by atoms with Crippen LogP contribution in [0.4, 0.5) is 10.5 Å². The second-order valence-corrected chi connectivity index (χ2v) is 7.13. The van der Waals surface area contributed by atoms with Crippen LogP contribution < -0.4 is 10.8 Å². The van der Waals surface area contributed by atoms with Gasteiger partial charge in [0.25, 0.3) is 5.91 Å². The number of phenolic OH excluding ortho intramolecular Hbond substituents is 1. The van der Waals surface area contributed by atoms with E-state index in [1.165, 1.54) is 30.6 Å². The predicted molar refractivity (Wildman–Crippen MR) is 121 cm³/mol. The number of nitrogens with one attached hydrogen (secondary N) is 2. The van der Waals surface area contributed by atoms with E-state index in [0.717, 1.165) is 0 Å². The molecule has 2 amide bonds. The maximum absolute atomic E-state index is 12.6. The van der Waals surface area contributed by atoms with Gasteiger partial charge in [-0.25, -0.2) is 10.3 Å². The summed E-state index contributed by atoms with van der Waals surface area (Å²) in [5.74, 6) is -0.663. The van der Waals surface area contributed by atoms with Gasteiger partial charge in [0.1, 0.15) is 5.75 Å². The van der Waals surface area contributed by atoms with Gasteiger partial charge in [-0.2, -0.15) is 0 Å². The normalized spacial score (nSPS) is 12.7. The van der Waals surface area contributed by atoms with Crippen LogP contribution >= 0.6 is 0 Å². The lowest BCUT2D eigenvalue weighted by Gasteiger charge is -2.27. The van der Waals surface area contributed by atoms with Crippen molar-refractivity contribution in [3.63, 3.8) is 0 Å². The number of aromatic hydroxyl groups is 1. The van der Waals surface area contributed by atoms with Gasteiger partial charge < -0.3 is 14.6 Å². The van der Waals surface area contributed by atoms with E-state index >= 15 is 0 Å². The average molecular weight is 456 g/mol. The van der Waals surface area contributed by atoms with Crippen molar-refractivity contribution >= 4 is 23.5 Å². The Labute approximate surface area is 192 Å². The van der Waals surface area contributed by atoms with Crippen LogP contribution in [0, 0.1) is 0 Å². The number of hydroxylamine groups is 1. The Hall–Kier alpha value is -3.69. The molecule has 33 heavy (non-hydrogen) atoms. The number of hydrogen-bond donors (Lipinski definition) is 4. The van der Waals surface area contributed by atoms with Crippen LogP contribution in [0.2, 0.25) is 0 Å². The highest BCUT2D eigenvalue weighted by molar-refractivity contribution is 5.95. The summed E-state index contributed by atoms with van der Waals surface area (Å²) in [6.07, 6.45) is 1.52. The van der Waals surface area contributed by atoms with Crippen LogP contribution in [-0.2, 0) is 14.3 Å². The summed E-state index contributed by atoms with van der Waals surface area (Å²) in [5, 5.41) is 20.8. The lowest BCUT2D eigenvalue weighted by molar-refractivity contribution is -0.124. The van der Waals surface area contributed by atoms with E-state index in [1.54, 1.807) is 42.5 Å². The van der Waals surface area contributed by atoms with Crippen LogP contribution in [0.25, 0.3) is 0 Å². The maximum Gasteiger partial charge on any atom is 0.412 e. The number of amides is 2. The number of carbonyl (C=O) groups is 3. The highest BCUT2D eigenvalue weighted by Gasteiger charge is 2.27. The van der Waals surface area contributed by atoms with E-state index in [-0.39, 0.29) is 11.5 Å². The highest BCUT2D eigenvalue weighted by Crippen LogP contribution is 2.29. The molecule has 0 aliphatic rings. The highest BCUT2D eigenvalue weighted by atomic mass is 16.6. The van der Waals surface area contributed by atoms with E-state index in [1.807, 2.05) is 6.92 Å². The molecule has 4 N–H and O–H groups in total. The summed E-state index contributed by atoms with van der Waals surface area (Å²) < 4.78 is 11.5. The van der Waals surface area contributed by atoms with Crippen LogP contribution in [-0.4, -0.2) is 40.8 Å². The summed E-state index contributed by atoms with van der Waals surface area (Å²) >= 11 is 0. The van der Waals surface area contributed by atoms with Crippen molar-refractivity contribution in [2.45, 2.75) is 38.9 Å². The lowest BCUT2D eigenvalue weighted by atomic mass is 10.00. The summed E-state index contributed by atoms with van der Waals surface area (Å²) in [5.41, 5.74) is 3.11. The van der Waals surface area contributed by atoms with Crippen molar-refractivity contribution in [1.82, 2.24) is 5.48 Å². The summed E-state index contributed by atoms with van der Waals surface area (Å²) in [7, 11) is 0. The molecule has 0 radical (unpaired) electrons. The van der Waals surface area contributed by atoms with E-state index < -0.39 is 24.2 Å². The molecule has 0 heterocycles. The summed E-state index contributed by atoms with van der Waals surface area (Å²) in [6, 6.07) is 12.7. The first-order valence-corrected chi connectivity index (χ1v) is 10.4. The quantitative estimate of drug-likeness (QED) is 0.173. The van der Waals surface area contributed by atoms with Gasteiger partial charge in [0.15, 0.2) is 11.9 Å². The number of allylic oxidation sites excluding steroid dienone is 1. The molecule has 0 spiro atoms. The molecule has 2 aromatic carbocycles.